The zero-order chi connectivity index (χ0) is 11.8. The van der Waals surface area contributed by atoms with Crippen LogP contribution in [-0.2, 0) is 21.0 Å². The molecule has 16 heavy (non-hydrogen) atoms. The third-order valence-corrected chi connectivity index (χ3v) is 1.58. The standard InChI is InChI=1S/C10H12N2O4/c11-9(13)7-16-12-10(14)15-6-8-4-2-1-3-5-8/h1-5H,6-7H2,(H2,11,13)(H,12,14). The summed E-state index contributed by atoms with van der Waals surface area (Å²) in [6.45, 7) is -0.257. The smallest absolute Gasteiger partial charge is 0.431 e. The first-order valence-electron chi connectivity index (χ1n) is 4.55. The van der Waals surface area contributed by atoms with Crippen molar-refractivity contribution in [3.8, 4) is 0 Å². The van der Waals surface area contributed by atoms with Crippen molar-refractivity contribution in [3.63, 3.8) is 0 Å². The predicted octanol–water partition coefficient (Wildman–Crippen LogP) is 0.330. The Balaban J connectivity index is 2.18. The molecule has 0 aliphatic rings. The van der Waals surface area contributed by atoms with Gasteiger partial charge in [0.1, 0.15) is 6.61 Å². The maximum absolute atomic E-state index is 11.0. The lowest BCUT2D eigenvalue weighted by atomic mass is 10.2. The highest BCUT2D eigenvalue weighted by molar-refractivity contribution is 5.75. The largest absolute Gasteiger partial charge is 0.443 e. The number of ether oxygens (including phenoxy) is 1. The van der Waals surface area contributed by atoms with E-state index in [9.17, 15) is 9.59 Å². The molecule has 0 heterocycles. The molecule has 6 heteroatoms. The average Bonchev–Trinajstić information content (AvgIpc) is 2.27. The van der Waals surface area contributed by atoms with Crippen molar-refractivity contribution < 1.29 is 19.2 Å². The second-order valence-electron chi connectivity index (χ2n) is 2.92. The lowest BCUT2D eigenvalue weighted by Gasteiger charge is -2.05. The highest BCUT2D eigenvalue weighted by atomic mass is 16.7. The van der Waals surface area contributed by atoms with E-state index < -0.39 is 12.0 Å². The molecule has 3 N–H and O–H groups in total. The van der Waals surface area contributed by atoms with Gasteiger partial charge in [-0.3, -0.25) is 9.63 Å². The van der Waals surface area contributed by atoms with Crippen LogP contribution >= 0.6 is 0 Å². The lowest BCUT2D eigenvalue weighted by Crippen LogP contribution is -2.29. The van der Waals surface area contributed by atoms with Crippen molar-refractivity contribution in [2.75, 3.05) is 6.61 Å². The molecule has 0 saturated carbocycles. The quantitative estimate of drug-likeness (QED) is 0.705. The SMILES string of the molecule is NC(=O)CONC(=O)OCc1ccccc1. The maximum Gasteiger partial charge on any atom is 0.431 e. The monoisotopic (exact) mass is 224 g/mol. The summed E-state index contributed by atoms with van der Waals surface area (Å²) < 4.78 is 4.78. The molecule has 86 valence electrons. The molecule has 0 aliphatic carbocycles. The summed E-state index contributed by atoms with van der Waals surface area (Å²) in [6, 6.07) is 9.16. The van der Waals surface area contributed by atoms with Crippen LogP contribution in [0.4, 0.5) is 4.79 Å². The van der Waals surface area contributed by atoms with Gasteiger partial charge in [-0.05, 0) is 5.56 Å². The Kier molecular flexibility index (Phi) is 4.81. The van der Waals surface area contributed by atoms with Gasteiger partial charge in [0.05, 0.1) is 0 Å². The molecule has 0 spiro atoms. The van der Waals surface area contributed by atoms with Gasteiger partial charge >= 0.3 is 6.09 Å². The molecule has 1 rings (SSSR count). The fraction of sp³-hybridized carbons (Fsp3) is 0.200. The van der Waals surface area contributed by atoms with Gasteiger partial charge in [0.25, 0.3) is 0 Å². The number of amides is 2. The molecule has 1 aromatic rings. The fourth-order valence-corrected chi connectivity index (χ4v) is 0.919. The molecule has 1 aromatic carbocycles. The number of hydrogen-bond acceptors (Lipinski definition) is 4. The van der Waals surface area contributed by atoms with Crippen molar-refractivity contribution in [2.24, 2.45) is 5.73 Å². The summed E-state index contributed by atoms with van der Waals surface area (Å²) in [5, 5.41) is 0. The Morgan fingerprint density at radius 2 is 1.94 bits per heavy atom. The van der Waals surface area contributed by atoms with Gasteiger partial charge in [-0.25, -0.2) is 4.79 Å². The molecule has 0 aromatic heterocycles. The van der Waals surface area contributed by atoms with E-state index >= 15 is 0 Å². The summed E-state index contributed by atoms with van der Waals surface area (Å²) in [5.74, 6) is -0.677. The number of nitrogens with two attached hydrogens (primary N) is 1. The molecule has 0 saturated heterocycles. The van der Waals surface area contributed by atoms with E-state index in [2.05, 4.69) is 4.84 Å². The number of rotatable bonds is 5. The van der Waals surface area contributed by atoms with E-state index in [1.165, 1.54) is 0 Å². The van der Waals surface area contributed by atoms with Crippen LogP contribution in [0.2, 0.25) is 0 Å². The Bertz CT molecular complexity index is 353. The summed E-state index contributed by atoms with van der Waals surface area (Å²) in [7, 11) is 0. The van der Waals surface area contributed by atoms with Crippen molar-refractivity contribution in [2.45, 2.75) is 6.61 Å². The molecular formula is C10H12N2O4. The molecule has 0 fully saturated rings. The molecule has 0 unspecified atom stereocenters. The summed E-state index contributed by atoms with van der Waals surface area (Å²) in [5.41, 5.74) is 7.56. The van der Waals surface area contributed by atoms with Crippen LogP contribution in [0.1, 0.15) is 5.56 Å². The van der Waals surface area contributed by atoms with Crippen molar-refractivity contribution in [1.82, 2.24) is 5.48 Å². The zero-order valence-corrected chi connectivity index (χ0v) is 8.51. The van der Waals surface area contributed by atoms with Gasteiger partial charge in [0.2, 0.25) is 5.91 Å². The summed E-state index contributed by atoms with van der Waals surface area (Å²) in [4.78, 5) is 25.7. The molecule has 6 nitrogen and oxygen atoms in total. The van der Waals surface area contributed by atoms with Crippen LogP contribution in [0.25, 0.3) is 0 Å². The predicted molar refractivity (Wildman–Crippen MR) is 54.9 cm³/mol. The molecule has 0 aliphatic heterocycles. The van der Waals surface area contributed by atoms with Crippen LogP contribution in [0, 0.1) is 0 Å². The van der Waals surface area contributed by atoms with Crippen LogP contribution in [0.15, 0.2) is 30.3 Å². The Morgan fingerprint density at radius 1 is 1.25 bits per heavy atom. The van der Waals surface area contributed by atoms with E-state index in [4.69, 9.17) is 10.5 Å². The Labute approximate surface area is 92.3 Å². The first-order chi connectivity index (χ1) is 7.68. The molecular weight excluding hydrogens is 212 g/mol. The minimum atomic E-state index is -0.773. The van der Waals surface area contributed by atoms with Gasteiger partial charge in [0.15, 0.2) is 6.61 Å². The van der Waals surface area contributed by atoms with Crippen LogP contribution in [-0.4, -0.2) is 18.6 Å². The number of hydroxylamine groups is 1. The van der Waals surface area contributed by atoms with Crippen LogP contribution in [0.3, 0.4) is 0 Å². The van der Waals surface area contributed by atoms with Crippen LogP contribution in [0.5, 0.6) is 0 Å². The number of hydrogen-bond donors (Lipinski definition) is 2. The lowest BCUT2D eigenvalue weighted by molar-refractivity contribution is -0.124. The van der Waals surface area contributed by atoms with E-state index in [0.29, 0.717) is 0 Å². The highest BCUT2D eigenvalue weighted by Crippen LogP contribution is 2.00. The van der Waals surface area contributed by atoms with E-state index in [1.807, 2.05) is 35.8 Å². The number of nitrogens with one attached hydrogen (secondary N) is 1. The van der Waals surface area contributed by atoms with Crippen molar-refractivity contribution in [1.29, 1.82) is 0 Å². The van der Waals surface area contributed by atoms with E-state index in [0.717, 1.165) is 5.56 Å². The topological polar surface area (TPSA) is 90.7 Å². The van der Waals surface area contributed by atoms with Gasteiger partial charge in [-0.15, -0.1) is 0 Å². The number of benzene rings is 1. The number of primary amides is 1. The van der Waals surface area contributed by atoms with Crippen LogP contribution < -0.4 is 11.2 Å². The maximum atomic E-state index is 11.0. The van der Waals surface area contributed by atoms with Gasteiger partial charge in [0, 0.05) is 0 Å². The third kappa shape index (κ3) is 4.97. The Morgan fingerprint density at radius 3 is 2.56 bits per heavy atom. The number of carbonyl (C=O) groups is 2. The molecule has 0 bridgehead atoms. The minimum absolute atomic E-state index is 0.132. The average molecular weight is 224 g/mol. The molecule has 2 amide bonds. The zero-order valence-electron chi connectivity index (χ0n) is 8.51. The fourth-order valence-electron chi connectivity index (χ4n) is 0.919. The summed E-state index contributed by atoms with van der Waals surface area (Å²) >= 11 is 0. The molecule has 0 atom stereocenters. The third-order valence-electron chi connectivity index (χ3n) is 1.58. The van der Waals surface area contributed by atoms with Crippen molar-refractivity contribution in [3.05, 3.63) is 35.9 Å². The van der Waals surface area contributed by atoms with E-state index in [-0.39, 0.29) is 13.2 Å². The summed E-state index contributed by atoms with van der Waals surface area (Å²) in [6.07, 6.45) is -0.773. The van der Waals surface area contributed by atoms with Crippen molar-refractivity contribution >= 4 is 12.0 Å². The van der Waals surface area contributed by atoms with Gasteiger partial charge < -0.3 is 10.5 Å². The van der Waals surface area contributed by atoms with Gasteiger partial charge in [-0.2, -0.15) is 5.48 Å². The second-order valence-corrected chi connectivity index (χ2v) is 2.92. The second kappa shape index (κ2) is 6.41. The highest BCUT2D eigenvalue weighted by Gasteiger charge is 2.03. The number of carbonyl (C=O) groups excluding carboxylic acids is 2. The Hall–Kier alpha value is -2.08. The van der Waals surface area contributed by atoms with E-state index in [1.54, 1.807) is 0 Å². The first-order valence-corrected chi connectivity index (χ1v) is 4.55. The minimum Gasteiger partial charge on any atom is -0.443 e. The normalized spacial score (nSPS) is 9.50. The first kappa shape index (κ1) is 12.0. The van der Waals surface area contributed by atoms with Gasteiger partial charge in [-0.1, -0.05) is 30.3 Å². The molecule has 0 radical (unpaired) electrons.